The van der Waals surface area contributed by atoms with Crippen LogP contribution in [0, 0.1) is 0 Å². The van der Waals surface area contributed by atoms with Crippen LogP contribution >= 0.6 is 11.3 Å². The number of carboxylic acid groups (broad SMARTS) is 1. The van der Waals surface area contributed by atoms with Crippen LogP contribution in [0.3, 0.4) is 0 Å². The molecule has 0 unspecified atom stereocenters. The minimum atomic E-state index is -0.963. The van der Waals surface area contributed by atoms with Crippen LogP contribution in [0.4, 0.5) is 5.82 Å². The summed E-state index contributed by atoms with van der Waals surface area (Å²) in [4.78, 5) is 28.1. The van der Waals surface area contributed by atoms with Gasteiger partial charge in [-0.1, -0.05) is 12.1 Å². The summed E-state index contributed by atoms with van der Waals surface area (Å²) in [6, 6.07) is 13.3. The molecule has 0 aliphatic carbocycles. The molecule has 1 aliphatic rings. The highest BCUT2D eigenvalue weighted by Gasteiger charge is 2.27. The molecule has 2 aromatic heterocycles. The predicted molar refractivity (Wildman–Crippen MR) is 111 cm³/mol. The number of hydrogen-bond acceptors (Lipinski definition) is 6. The van der Waals surface area contributed by atoms with Crippen LogP contribution in [0.25, 0.3) is 32.0 Å². The maximum Gasteiger partial charge on any atom is 0.335 e. The fraction of sp³-hybridized carbons (Fsp3) is 0.238. The molecule has 0 saturated carbocycles. The molecule has 6 nitrogen and oxygen atoms in total. The Morgan fingerprint density at radius 2 is 1.96 bits per heavy atom. The summed E-state index contributed by atoms with van der Waals surface area (Å²) in [7, 11) is 0. The maximum atomic E-state index is 11.4. The molecule has 3 heterocycles. The van der Waals surface area contributed by atoms with Gasteiger partial charge in [-0.3, -0.25) is 0 Å². The van der Waals surface area contributed by atoms with Crippen LogP contribution in [0.5, 0.6) is 0 Å². The lowest BCUT2D eigenvalue weighted by molar-refractivity contribution is 0.0697. The minimum Gasteiger partial charge on any atom is -0.478 e. The summed E-state index contributed by atoms with van der Waals surface area (Å²) in [6.45, 7) is 3.10. The van der Waals surface area contributed by atoms with Gasteiger partial charge in [0.1, 0.15) is 10.7 Å². The van der Waals surface area contributed by atoms with E-state index in [1.54, 1.807) is 29.5 Å². The van der Waals surface area contributed by atoms with E-state index in [2.05, 4.69) is 17.9 Å². The van der Waals surface area contributed by atoms with E-state index in [1.807, 2.05) is 18.2 Å². The van der Waals surface area contributed by atoms with Crippen molar-refractivity contribution in [2.45, 2.75) is 25.8 Å². The number of aromatic nitrogens is 3. The molecule has 1 N–H and O–H groups in total. The molecule has 28 heavy (non-hydrogen) atoms. The number of carboxylic acids is 1. The van der Waals surface area contributed by atoms with Crippen molar-refractivity contribution in [2.24, 2.45) is 0 Å². The topological polar surface area (TPSA) is 79.2 Å². The summed E-state index contributed by atoms with van der Waals surface area (Å²) in [5.41, 5.74) is 3.21. The van der Waals surface area contributed by atoms with E-state index in [9.17, 15) is 9.90 Å². The summed E-state index contributed by atoms with van der Waals surface area (Å²) < 4.78 is 1.11. The lowest BCUT2D eigenvalue weighted by atomic mass is 10.2. The molecule has 1 saturated heterocycles. The van der Waals surface area contributed by atoms with Gasteiger partial charge in [-0.05, 0) is 50.1 Å². The number of aromatic carboxylic acids is 1. The van der Waals surface area contributed by atoms with Crippen LogP contribution < -0.4 is 4.90 Å². The van der Waals surface area contributed by atoms with Crippen LogP contribution in [-0.4, -0.2) is 38.6 Å². The molecule has 1 atom stereocenters. The van der Waals surface area contributed by atoms with Crippen molar-refractivity contribution < 1.29 is 9.90 Å². The quantitative estimate of drug-likeness (QED) is 0.551. The molecule has 7 heteroatoms. The zero-order valence-electron chi connectivity index (χ0n) is 15.3. The first-order valence-corrected chi connectivity index (χ1v) is 10.1. The number of para-hydroxylation sites is 1. The Labute approximate surface area is 165 Å². The van der Waals surface area contributed by atoms with Gasteiger partial charge in [0.2, 0.25) is 0 Å². The second-order valence-electron chi connectivity index (χ2n) is 7.08. The SMILES string of the molecule is C[C@H]1CCCN1c1nc2cc(C(=O)O)ccc2nc1-c1nc2ccccc2s1. The Balaban J connectivity index is 1.75. The molecule has 1 aliphatic heterocycles. The molecule has 0 radical (unpaired) electrons. The van der Waals surface area contributed by atoms with Crippen LogP contribution in [0.15, 0.2) is 42.5 Å². The van der Waals surface area contributed by atoms with Crippen LogP contribution in [0.2, 0.25) is 0 Å². The van der Waals surface area contributed by atoms with E-state index in [0.29, 0.717) is 17.1 Å². The van der Waals surface area contributed by atoms with E-state index in [1.165, 1.54) is 0 Å². The molecule has 2 aromatic carbocycles. The fourth-order valence-corrected chi connectivity index (χ4v) is 4.69. The Morgan fingerprint density at radius 1 is 1.11 bits per heavy atom. The van der Waals surface area contributed by atoms with Crippen molar-refractivity contribution in [1.29, 1.82) is 0 Å². The van der Waals surface area contributed by atoms with E-state index in [-0.39, 0.29) is 5.56 Å². The molecule has 0 spiro atoms. The number of fused-ring (bicyclic) bond motifs is 2. The van der Waals surface area contributed by atoms with Crippen molar-refractivity contribution in [3.05, 3.63) is 48.0 Å². The molecule has 4 aromatic rings. The third kappa shape index (κ3) is 2.79. The van der Waals surface area contributed by atoms with Crippen molar-refractivity contribution >= 4 is 44.4 Å². The summed E-state index contributed by atoms with van der Waals surface area (Å²) >= 11 is 1.61. The average molecular weight is 390 g/mol. The normalized spacial score (nSPS) is 16.9. The van der Waals surface area contributed by atoms with Crippen molar-refractivity contribution in [1.82, 2.24) is 15.0 Å². The predicted octanol–water partition coefficient (Wildman–Crippen LogP) is 4.59. The number of anilines is 1. The standard InChI is InChI=1S/C21H18N4O2S/c1-12-5-4-10-25(12)19-18(20-24-15-6-2-3-7-17(15)28-20)22-14-9-8-13(21(26)27)11-16(14)23-19/h2-3,6-9,11-12H,4-5,10H2,1H3,(H,26,27)/t12-/m0/s1. The third-order valence-corrected chi connectivity index (χ3v) is 6.26. The first-order valence-electron chi connectivity index (χ1n) is 9.28. The lowest BCUT2D eigenvalue weighted by Gasteiger charge is -2.24. The first kappa shape index (κ1) is 17.1. The van der Waals surface area contributed by atoms with E-state index in [0.717, 1.165) is 46.1 Å². The molecule has 140 valence electrons. The highest BCUT2D eigenvalue weighted by Crippen LogP contribution is 2.37. The van der Waals surface area contributed by atoms with Gasteiger partial charge in [-0.15, -0.1) is 11.3 Å². The largest absolute Gasteiger partial charge is 0.478 e. The number of thiazole rings is 1. The number of carbonyl (C=O) groups is 1. The zero-order chi connectivity index (χ0) is 19.3. The van der Waals surface area contributed by atoms with Gasteiger partial charge >= 0.3 is 5.97 Å². The maximum absolute atomic E-state index is 11.4. The van der Waals surface area contributed by atoms with Gasteiger partial charge in [-0.2, -0.15) is 0 Å². The highest BCUT2D eigenvalue weighted by atomic mass is 32.1. The number of benzene rings is 2. The van der Waals surface area contributed by atoms with Crippen molar-refractivity contribution in [3.63, 3.8) is 0 Å². The summed E-state index contributed by atoms with van der Waals surface area (Å²) in [6.07, 6.45) is 2.21. The van der Waals surface area contributed by atoms with Crippen molar-refractivity contribution in [3.8, 4) is 10.7 Å². The minimum absolute atomic E-state index is 0.218. The lowest BCUT2D eigenvalue weighted by Crippen LogP contribution is -2.28. The number of nitrogens with zero attached hydrogens (tertiary/aromatic N) is 4. The second-order valence-corrected chi connectivity index (χ2v) is 8.11. The summed E-state index contributed by atoms with van der Waals surface area (Å²) in [5, 5.41) is 10.2. The highest BCUT2D eigenvalue weighted by molar-refractivity contribution is 7.21. The molecule has 5 rings (SSSR count). The number of hydrogen-bond donors (Lipinski definition) is 1. The second kappa shape index (κ2) is 6.53. The van der Waals surface area contributed by atoms with Crippen molar-refractivity contribution in [2.75, 3.05) is 11.4 Å². The Hall–Kier alpha value is -3.06. The van der Waals surface area contributed by atoms with Crippen LogP contribution in [0.1, 0.15) is 30.1 Å². The van der Waals surface area contributed by atoms with Gasteiger partial charge in [0.15, 0.2) is 5.82 Å². The molecule has 1 fully saturated rings. The van der Waals surface area contributed by atoms with E-state index < -0.39 is 5.97 Å². The van der Waals surface area contributed by atoms with Gasteiger partial charge < -0.3 is 10.0 Å². The first-order chi connectivity index (χ1) is 13.6. The monoisotopic (exact) mass is 390 g/mol. The number of rotatable bonds is 3. The molecule has 0 amide bonds. The van der Waals surface area contributed by atoms with E-state index in [4.69, 9.17) is 15.0 Å². The van der Waals surface area contributed by atoms with Gasteiger partial charge in [-0.25, -0.2) is 19.7 Å². The Bertz CT molecular complexity index is 1190. The zero-order valence-corrected chi connectivity index (χ0v) is 16.1. The van der Waals surface area contributed by atoms with Gasteiger partial charge in [0, 0.05) is 12.6 Å². The van der Waals surface area contributed by atoms with Gasteiger partial charge in [0.05, 0.1) is 26.8 Å². The van der Waals surface area contributed by atoms with Crippen LogP contribution in [-0.2, 0) is 0 Å². The Kier molecular flexibility index (Phi) is 3.98. The van der Waals surface area contributed by atoms with Gasteiger partial charge in [0.25, 0.3) is 0 Å². The molecular formula is C21H18N4O2S. The Morgan fingerprint density at radius 3 is 2.71 bits per heavy atom. The average Bonchev–Trinajstić information content (AvgIpc) is 3.32. The third-order valence-electron chi connectivity index (χ3n) is 5.21. The molecular weight excluding hydrogens is 372 g/mol. The molecule has 0 bridgehead atoms. The van der Waals surface area contributed by atoms with E-state index >= 15 is 0 Å². The summed E-state index contributed by atoms with van der Waals surface area (Å²) in [5.74, 6) is -0.172. The fourth-order valence-electron chi connectivity index (χ4n) is 3.74. The smallest absolute Gasteiger partial charge is 0.335 e.